The summed E-state index contributed by atoms with van der Waals surface area (Å²) < 4.78 is 5.04. The van der Waals surface area contributed by atoms with Gasteiger partial charge in [-0.2, -0.15) is 5.10 Å². The maximum Gasteiger partial charge on any atom is 2.00 e. The SMILES string of the molecule is COc1c(Cl)cc(-c2ccc(=O)[nH]n2)cc1Cl.[Ca+2].[H-].[H-]. The van der Waals surface area contributed by atoms with Crippen molar-refractivity contribution >= 4 is 60.9 Å². The van der Waals surface area contributed by atoms with Crippen LogP contribution in [0.3, 0.4) is 0 Å². The molecule has 0 radical (unpaired) electrons. The molecule has 0 amide bonds. The van der Waals surface area contributed by atoms with E-state index in [9.17, 15) is 4.79 Å². The minimum absolute atomic E-state index is 0. The number of hydrogen-bond acceptors (Lipinski definition) is 3. The Balaban J connectivity index is 0. The second-order valence-electron chi connectivity index (χ2n) is 3.28. The molecule has 1 aromatic carbocycles. The third-order valence-corrected chi connectivity index (χ3v) is 2.74. The molecule has 7 heteroatoms. The van der Waals surface area contributed by atoms with Gasteiger partial charge in [0.05, 0.1) is 22.8 Å². The topological polar surface area (TPSA) is 55.0 Å². The summed E-state index contributed by atoms with van der Waals surface area (Å²) in [5, 5.41) is 7.02. The van der Waals surface area contributed by atoms with Crippen LogP contribution in [-0.2, 0) is 0 Å². The number of ether oxygens (including phenoxy) is 1. The molecule has 0 unspecified atom stereocenters. The van der Waals surface area contributed by atoms with Gasteiger partial charge in [-0.3, -0.25) is 4.79 Å². The van der Waals surface area contributed by atoms with E-state index in [-0.39, 0.29) is 46.2 Å². The first-order valence-corrected chi connectivity index (χ1v) is 5.46. The number of rotatable bonds is 2. The molecule has 1 N–H and O–H groups in total. The average Bonchev–Trinajstić information content (AvgIpc) is 2.29. The van der Waals surface area contributed by atoms with Crippen molar-refractivity contribution in [2.24, 2.45) is 0 Å². The van der Waals surface area contributed by atoms with Crippen LogP contribution >= 0.6 is 23.2 Å². The molecule has 1 heterocycles. The average molecular weight is 313 g/mol. The second-order valence-corrected chi connectivity index (χ2v) is 4.09. The van der Waals surface area contributed by atoms with Crippen LogP contribution < -0.4 is 10.3 Å². The Kier molecular flexibility index (Phi) is 5.95. The summed E-state index contributed by atoms with van der Waals surface area (Å²) in [4.78, 5) is 10.9. The number of aromatic nitrogens is 2. The van der Waals surface area contributed by atoms with E-state index in [0.717, 1.165) is 0 Å². The van der Waals surface area contributed by atoms with Crippen LogP contribution in [0, 0.1) is 0 Å². The molecule has 92 valence electrons. The van der Waals surface area contributed by atoms with Crippen molar-refractivity contribution in [3.8, 4) is 17.0 Å². The third kappa shape index (κ3) is 3.39. The molecule has 0 fully saturated rings. The molecule has 0 atom stereocenters. The Morgan fingerprint density at radius 1 is 1.28 bits per heavy atom. The van der Waals surface area contributed by atoms with Crippen LogP contribution in [0.1, 0.15) is 2.85 Å². The molecule has 0 saturated heterocycles. The fourth-order valence-electron chi connectivity index (χ4n) is 1.41. The van der Waals surface area contributed by atoms with Crippen molar-refractivity contribution in [3.05, 3.63) is 44.7 Å². The smallest absolute Gasteiger partial charge is 1.00 e. The number of aromatic amines is 1. The van der Waals surface area contributed by atoms with Crippen LogP contribution in [0.15, 0.2) is 29.1 Å². The van der Waals surface area contributed by atoms with Gasteiger partial charge in [-0.15, -0.1) is 0 Å². The van der Waals surface area contributed by atoms with Gasteiger partial charge in [0.15, 0.2) is 5.75 Å². The maximum atomic E-state index is 10.9. The molecule has 2 rings (SSSR count). The molecule has 0 saturated carbocycles. The van der Waals surface area contributed by atoms with E-state index in [4.69, 9.17) is 27.9 Å². The number of benzene rings is 1. The number of hydrogen-bond donors (Lipinski definition) is 1. The predicted molar refractivity (Wildman–Crippen MR) is 74.8 cm³/mol. The Labute approximate surface area is 146 Å². The largest absolute Gasteiger partial charge is 2.00 e. The Morgan fingerprint density at radius 2 is 1.89 bits per heavy atom. The van der Waals surface area contributed by atoms with Crippen LogP contribution in [0.5, 0.6) is 5.75 Å². The van der Waals surface area contributed by atoms with Gasteiger partial charge in [-0.05, 0) is 18.2 Å². The molecule has 2 aromatic rings. The van der Waals surface area contributed by atoms with E-state index >= 15 is 0 Å². The summed E-state index contributed by atoms with van der Waals surface area (Å²) in [7, 11) is 1.49. The van der Waals surface area contributed by atoms with Crippen molar-refractivity contribution in [1.82, 2.24) is 10.2 Å². The third-order valence-electron chi connectivity index (χ3n) is 2.18. The zero-order valence-corrected chi connectivity index (χ0v) is 13.3. The van der Waals surface area contributed by atoms with Gasteiger partial charge in [-0.1, -0.05) is 23.2 Å². The van der Waals surface area contributed by atoms with Crippen molar-refractivity contribution in [2.45, 2.75) is 0 Å². The molecule has 0 aliphatic carbocycles. The zero-order valence-electron chi connectivity index (χ0n) is 11.5. The second kappa shape index (κ2) is 6.78. The van der Waals surface area contributed by atoms with Crippen molar-refractivity contribution in [1.29, 1.82) is 0 Å². The number of methoxy groups -OCH3 is 1. The summed E-state index contributed by atoms with van der Waals surface area (Å²) in [6.07, 6.45) is 0. The van der Waals surface area contributed by atoms with Gasteiger partial charge in [0.2, 0.25) is 0 Å². The molecule has 0 spiro atoms. The fraction of sp³-hybridized carbons (Fsp3) is 0.0909. The van der Waals surface area contributed by atoms with Gasteiger partial charge in [0.25, 0.3) is 5.56 Å². The van der Waals surface area contributed by atoms with Gasteiger partial charge in [0, 0.05) is 11.6 Å². The van der Waals surface area contributed by atoms with Crippen LogP contribution in [0.2, 0.25) is 10.0 Å². The molecule has 0 aliphatic rings. The van der Waals surface area contributed by atoms with Gasteiger partial charge >= 0.3 is 37.7 Å². The monoisotopic (exact) mass is 312 g/mol. The van der Waals surface area contributed by atoms with Gasteiger partial charge in [0.1, 0.15) is 0 Å². The van der Waals surface area contributed by atoms with Crippen LogP contribution in [0.25, 0.3) is 11.3 Å². The maximum absolute atomic E-state index is 10.9. The van der Waals surface area contributed by atoms with Gasteiger partial charge < -0.3 is 7.59 Å². The van der Waals surface area contributed by atoms with Crippen LogP contribution in [0.4, 0.5) is 0 Å². The molecular formula is C11H10CaCl2N2O2. The minimum Gasteiger partial charge on any atom is -1.00 e. The van der Waals surface area contributed by atoms with Crippen molar-refractivity contribution in [3.63, 3.8) is 0 Å². The molecule has 1 aromatic heterocycles. The number of H-pyrrole nitrogens is 1. The standard InChI is InChI=1S/C11H8Cl2N2O2.Ca.2H/c1-17-11-7(12)4-6(5-8(11)13)9-2-3-10(16)15-14-9;;;/h2-5H,1H3,(H,15,16);;;/q;+2;2*-1. The fourth-order valence-corrected chi connectivity index (χ4v) is 2.05. The first-order valence-electron chi connectivity index (χ1n) is 4.71. The summed E-state index contributed by atoms with van der Waals surface area (Å²) in [6, 6.07) is 6.32. The normalized spacial score (nSPS) is 9.72. The summed E-state index contributed by atoms with van der Waals surface area (Å²) in [5.74, 6) is 0.418. The first kappa shape index (κ1) is 15.8. The van der Waals surface area contributed by atoms with E-state index in [2.05, 4.69) is 10.2 Å². The Bertz CT molecular complexity index is 582. The quantitative estimate of drug-likeness (QED) is 0.867. The number of nitrogens with one attached hydrogen (secondary N) is 1. The number of nitrogens with zero attached hydrogens (tertiary/aromatic N) is 1. The van der Waals surface area contributed by atoms with Crippen molar-refractivity contribution in [2.75, 3.05) is 7.11 Å². The molecule has 0 bridgehead atoms. The Hall–Kier alpha value is -0.260. The van der Waals surface area contributed by atoms with E-state index in [1.165, 1.54) is 13.2 Å². The molecule has 4 nitrogen and oxygen atoms in total. The Morgan fingerprint density at radius 3 is 2.33 bits per heavy atom. The summed E-state index contributed by atoms with van der Waals surface area (Å²) >= 11 is 12.0. The van der Waals surface area contributed by atoms with E-state index in [1.54, 1.807) is 18.2 Å². The number of halogens is 2. The predicted octanol–water partition coefficient (Wildman–Crippen LogP) is 2.60. The molecule has 0 aliphatic heterocycles. The zero-order chi connectivity index (χ0) is 12.4. The van der Waals surface area contributed by atoms with Gasteiger partial charge in [-0.25, -0.2) is 5.10 Å². The first-order chi connectivity index (χ1) is 8.11. The van der Waals surface area contributed by atoms with E-state index in [1.807, 2.05) is 0 Å². The molecule has 18 heavy (non-hydrogen) atoms. The van der Waals surface area contributed by atoms with E-state index in [0.29, 0.717) is 27.1 Å². The summed E-state index contributed by atoms with van der Waals surface area (Å²) in [6.45, 7) is 0. The minimum atomic E-state index is -0.264. The van der Waals surface area contributed by atoms with Crippen molar-refractivity contribution < 1.29 is 7.59 Å². The van der Waals surface area contributed by atoms with Crippen LogP contribution in [-0.4, -0.2) is 55.0 Å². The van der Waals surface area contributed by atoms with E-state index < -0.39 is 0 Å². The summed E-state index contributed by atoms with van der Waals surface area (Å²) in [5.41, 5.74) is 1.02. The molecular weight excluding hydrogens is 303 g/mol.